The van der Waals surface area contributed by atoms with Gasteiger partial charge in [-0.05, 0) is 17.7 Å². The van der Waals surface area contributed by atoms with E-state index in [1.165, 1.54) is 6.07 Å². The average molecular weight is 151 g/mol. The molecule has 11 heavy (non-hydrogen) atoms. The van der Waals surface area contributed by atoms with E-state index in [9.17, 15) is 4.39 Å². The van der Waals surface area contributed by atoms with E-state index in [4.69, 9.17) is 5.73 Å². The maximum atomic E-state index is 12.8. The summed E-state index contributed by atoms with van der Waals surface area (Å²) in [5, 5.41) is 0. The average Bonchev–Trinajstić information content (AvgIpc) is 2.05. The highest BCUT2D eigenvalue weighted by atomic mass is 19.1. The molecule has 1 aromatic rings. The van der Waals surface area contributed by atoms with E-state index in [1.54, 1.807) is 18.2 Å². The van der Waals surface area contributed by atoms with Gasteiger partial charge in [-0.1, -0.05) is 18.7 Å². The second-order valence-corrected chi connectivity index (χ2v) is 2.26. The lowest BCUT2D eigenvalue weighted by Gasteiger charge is -1.99. The van der Waals surface area contributed by atoms with E-state index in [0.29, 0.717) is 5.56 Å². The molecule has 0 saturated carbocycles. The molecule has 0 fully saturated rings. The van der Waals surface area contributed by atoms with Gasteiger partial charge in [-0.2, -0.15) is 0 Å². The van der Waals surface area contributed by atoms with Crippen molar-refractivity contribution in [3.8, 4) is 0 Å². The van der Waals surface area contributed by atoms with Crippen LogP contribution in [0.25, 0.3) is 6.08 Å². The minimum atomic E-state index is -0.252. The van der Waals surface area contributed by atoms with Gasteiger partial charge >= 0.3 is 0 Å². The summed E-state index contributed by atoms with van der Waals surface area (Å²) in [7, 11) is 0. The smallest absolute Gasteiger partial charge is 0.127 e. The zero-order valence-corrected chi connectivity index (χ0v) is 6.18. The standard InChI is InChI=1S/C9H10FN/c1-2-7-3-4-9(10)8(5-7)6-11/h2-5H,1,6,11H2. The van der Waals surface area contributed by atoms with E-state index < -0.39 is 0 Å². The van der Waals surface area contributed by atoms with Crippen molar-refractivity contribution in [2.45, 2.75) is 6.54 Å². The van der Waals surface area contributed by atoms with E-state index >= 15 is 0 Å². The second kappa shape index (κ2) is 3.30. The lowest BCUT2D eigenvalue weighted by molar-refractivity contribution is 0.610. The first kappa shape index (κ1) is 7.95. The lowest BCUT2D eigenvalue weighted by atomic mass is 10.1. The molecule has 1 aromatic carbocycles. The topological polar surface area (TPSA) is 26.0 Å². The van der Waals surface area contributed by atoms with Crippen LogP contribution in [-0.2, 0) is 6.54 Å². The van der Waals surface area contributed by atoms with Crippen LogP contribution in [0, 0.1) is 5.82 Å². The molecule has 0 spiro atoms. The van der Waals surface area contributed by atoms with Gasteiger partial charge in [0.15, 0.2) is 0 Å². The summed E-state index contributed by atoms with van der Waals surface area (Å²) in [6.45, 7) is 3.80. The molecule has 0 aliphatic carbocycles. The van der Waals surface area contributed by atoms with Crippen molar-refractivity contribution in [1.82, 2.24) is 0 Å². The first-order chi connectivity index (χ1) is 5.27. The van der Waals surface area contributed by atoms with Crippen molar-refractivity contribution in [1.29, 1.82) is 0 Å². The fourth-order valence-corrected chi connectivity index (χ4v) is 0.878. The van der Waals surface area contributed by atoms with Crippen molar-refractivity contribution < 1.29 is 4.39 Å². The van der Waals surface area contributed by atoms with Crippen LogP contribution in [0.5, 0.6) is 0 Å². The van der Waals surface area contributed by atoms with Crippen LogP contribution in [0.3, 0.4) is 0 Å². The predicted molar refractivity (Wildman–Crippen MR) is 44.4 cm³/mol. The van der Waals surface area contributed by atoms with Crippen LogP contribution in [0.2, 0.25) is 0 Å². The molecule has 0 unspecified atom stereocenters. The molecule has 0 heterocycles. The summed E-state index contributed by atoms with van der Waals surface area (Å²) in [6.07, 6.45) is 1.67. The Labute approximate surface area is 65.3 Å². The van der Waals surface area contributed by atoms with Gasteiger partial charge in [-0.3, -0.25) is 0 Å². The zero-order chi connectivity index (χ0) is 8.27. The number of hydrogen-bond acceptors (Lipinski definition) is 1. The van der Waals surface area contributed by atoms with Gasteiger partial charge in [0, 0.05) is 12.1 Å². The maximum Gasteiger partial charge on any atom is 0.127 e. The van der Waals surface area contributed by atoms with Crippen molar-refractivity contribution in [2.75, 3.05) is 0 Å². The highest BCUT2D eigenvalue weighted by Crippen LogP contribution is 2.10. The van der Waals surface area contributed by atoms with Crippen LogP contribution in [-0.4, -0.2) is 0 Å². The second-order valence-electron chi connectivity index (χ2n) is 2.26. The largest absolute Gasteiger partial charge is 0.326 e. The Hall–Kier alpha value is -1.15. The predicted octanol–water partition coefficient (Wildman–Crippen LogP) is 1.93. The summed E-state index contributed by atoms with van der Waals surface area (Å²) < 4.78 is 12.8. The number of nitrogens with two attached hydrogens (primary N) is 1. The Morgan fingerprint density at radius 3 is 2.82 bits per heavy atom. The summed E-state index contributed by atoms with van der Waals surface area (Å²) in [6, 6.07) is 4.77. The molecule has 0 aliphatic heterocycles. The lowest BCUT2D eigenvalue weighted by Crippen LogP contribution is -1.99. The van der Waals surface area contributed by atoms with E-state index in [2.05, 4.69) is 6.58 Å². The molecule has 0 bridgehead atoms. The third kappa shape index (κ3) is 1.65. The quantitative estimate of drug-likeness (QED) is 0.686. The molecular weight excluding hydrogens is 141 g/mol. The van der Waals surface area contributed by atoms with Crippen molar-refractivity contribution >= 4 is 6.08 Å². The van der Waals surface area contributed by atoms with Crippen LogP contribution in [0.4, 0.5) is 4.39 Å². The first-order valence-corrected chi connectivity index (χ1v) is 3.39. The van der Waals surface area contributed by atoms with E-state index in [0.717, 1.165) is 5.56 Å². The normalized spacial score (nSPS) is 9.64. The molecule has 2 heteroatoms. The molecule has 0 radical (unpaired) electrons. The maximum absolute atomic E-state index is 12.8. The van der Waals surface area contributed by atoms with Crippen LogP contribution in [0.1, 0.15) is 11.1 Å². The van der Waals surface area contributed by atoms with Crippen molar-refractivity contribution in [3.05, 3.63) is 41.7 Å². The molecule has 0 atom stereocenters. The molecular formula is C9H10FN. The monoisotopic (exact) mass is 151 g/mol. The van der Waals surface area contributed by atoms with Crippen molar-refractivity contribution in [2.24, 2.45) is 5.73 Å². The molecule has 0 saturated heterocycles. The van der Waals surface area contributed by atoms with Gasteiger partial charge < -0.3 is 5.73 Å². The molecule has 1 nitrogen and oxygen atoms in total. The fraction of sp³-hybridized carbons (Fsp3) is 0.111. The Bertz CT molecular complexity index is 268. The Morgan fingerprint density at radius 1 is 1.55 bits per heavy atom. The fourth-order valence-electron chi connectivity index (χ4n) is 0.878. The highest BCUT2D eigenvalue weighted by Gasteiger charge is 1.98. The summed E-state index contributed by atoms with van der Waals surface area (Å²) >= 11 is 0. The van der Waals surface area contributed by atoms with Gasteiger partial charge in [0.25, 0.3) is 0 Å². The highest BCUT2D eigenvalue weighted by molar-refractivity contribution is 5.48. The molecule has 0 aromatic heterocycles. The Morgan fingerprint density at radius 2 is 2.27 bits per heavy atom. The van der Waals surface area contributed by atoms with Gasteiger partial charge in [-0.15, -0.1) is 0 Å². The SMILES string of the molecule is C=Cc1ccc(F)c(CN)c1. The third-order valence-corrected chi connectivity index (χ3v) is 1.53. The van der Waals surface area contributed by atoms with Crippen LogP contribution in [0.15, 0.2) is 24.8 Å². The molecule has 2 N–H and O–H groups in total. The van der Waals surface area contributed by atoms with Gasteiger partial charge in [0.1, 0.15) is 5.82 Å². The molecule has 0 amide bonds. The van der Waals surface area contributed by atoms with Crippen LogP contribution < -0.4 is 5.73 Å². The Balaban J connectivity index is 3.12. The third-order valence-electron chi connectivity index (χ3n) is 1.53. The number of benzene rings is 1. The van der Waals surface area contributed by atoms with E-state index in [1.807, 2.05) is 0 Å². The number of hydrogen-bond donors (Lipinski definition) is 1. The van der Waals surface area contributed by atoms with E-state index in [-0.39, 0.29) is 12.4 Å². The molecule has 0 aliphatic rings. The Kier molecular flexibility index (Phi) is 2.39. The van der Waals surface area contributed by atoms with Crippen LogP contribution >= 0.6 is 0 Å². The minimum absolute atomic E-state index is 0.230. The van der Waals surface area contributed by atoms with Crippen molar-refractivity contribution in [3.63, 3.8) is 0 Å². The minimum Gasteiger partial charge on any atom is -0.326 e. The van der Waals surface area contributed by atoms with Gasteiger partial charge in [0.2, 0.25) is 0 Å². The first-order valence-electron chi connectivity index (χ1n) is 3.39. The summed E-state index contributed by atoms with van der Waals surface area (Å²) in [5.74, 6) is -0.252. The number of rotatable bonds is 2. The van der Waals surface area contributed by atoms with Gasteiger partial charge in [-0.25, -0.2) is 4.39 Å². The summed E-state index contributed by atoms with van der Waals surface area (Å²) in [4.78, 5) is 0. The number of halogens is 1. The summed E-state index contributed by atoms with van der Waals surface area (Å²) in [5.41, 5.74) is 6.73. The van der Waals surface area contributed by atoms with Gasteiger partial charge in [0.05, 0.1) is 0 Å². The zero-order valence-electron chi connectivity index (χ0n) is 6.18. The molecule has 58 valence electrons. The molecule has 1 rings (SSSR count).